The number of carbonyl (C=O) groups excluding carboxylic acids is 2. The molecule has 4 rings (SSSR count). The molecule has 0 radical (unpaired) electrons. The molecule has 2 heterocycles. The van der Waals surface area contributed by atoms with Crippen molar-refractivity contribution < 1.29 is 18.0 Å². The van der Waals surface area contributed by atoms with Crippen LogP contribution in [0.3, 0.4) is 0 Å². The minimum absolute atomic E-state index is 0.0494. The van der Waals surface area contributed by atoms with Gasteiger partial charge in [0.2, 0.25) is 11.8 Å². The lowest BCUT2D eigenvalue weighted by molar-refractivity contribution is -0.128. The first-order valence-corrected chi connectivity index (χ1v) is 12.1. The zero-order valence-electron chi connectivity index (χ0n) is 17.9. The van der Waals surface area contributed by atoms with Gasteiger partial charge in [-0.2, -0.15) is 0 Å². The second-order valence-corrected chi connectivity index (χ2v) is 9.90. The molecule has 9 heteroatoms. The summed E-state index contributed by atoms with van der Waals surface area (Å²) in [6.07, 6.45) is 1.57. The predicted molar refractivity (Wildman–Crippen MR) is 122 cm³/mol. The van der Waals surface area contributed by atoms with Gasteiger partial charge in [-0.3, -0.25) is 19.3 Å². The molecule has 0 saturated carbocycles. The third kappa shape index (κ3) is 5.16. The molecule has 168 valence electrons. The topological polar surface area (TPSA) is 108 Å². The Morgan fingerprint density at radius 2 is 1.97 bits per heavy atom. The molecular weight excluding hydrogens is 428 g/mol. The van der Waals surface area contributed by atoms with Gasteiger partial charge >= 0.3 is 0 Å². The standard InChI is InChI=1S/C23H26N4O4S/c1-16-7-9-17(10-8-16)14-27-15-18(12-22(27)28)23(29)25-19-4-2-5-20(13-19)32(30,31)26-21-6-3-11-24-21/h2,4-5,7-10,13,18H,3,6,11-12,14-15H2,1H3,(H,24,26)(H,25,29). The number of carbonyl (C=O) groups is 2. The molecule has 2 aliphatic rings. The third-order valence-electron chi connectivity index (χ3n) is 5.62. The summed E-state index contributed by atoms with van der Waals surface area (Å²) in [5.41, 5.74) is 2.53. The van der Waals surface area contributed by atoms with Gasteiger partial charge in [-0.05, 0) is 37.1 Å². The van der Waals surface area contributed by atoms with E-state index in [0.29, 0.717) is 37.6 Å². The number of hydrogen-bond acceptors (Lipinski definition) is 5. The van der Waals surface area contributed by atoms with Gasteiger partial charge in [0.25, 0.3) is 10.0 Å². The molecule has 32 heavy (non-hydrogen) atoms. The number of nitrogens with zero attached hydrogens (tertiary/aromatic N) is 2. The predicted octanol–water partition coefficient (Wildman–Crippen LogP) is 2.45. The molecule has 2 aromatic carbocycles. The van der Waals surface area contributed by atoms with Gasteiger partial charge in [-0.1, -0.05) is 35.9 Å². The van der Waals surface area contributed by atoms with E-state index in [-0.39, 0.29) is 23.1 Å². The van der Waals surface area contributed by atoms with Crippen molar-refractivity contribution in [2.75, 3.05) is 18.4 Å². The maximum atomic E-state index is 12.8. The smallest absolute Gasteiger partial charge is 0.262 e. The van der Waals surface area contributed by atoms with E-state index in [1.807, 2.05) is 31.2 Å². The average Bonchev–Trinajstić information content (AvgIpc) is 3.39. The van der Waals surface area contributed by atoms with E-state index in [4.69, 9.17) is 0 Å². The number of anilines is 1. The van der Waals surface area contributed by atoms with Crippen molar-refractivity contribution in [2.45, 2.75) is 37.6 Å². The number of amides is 2. The second-order valence-electron chi connectivity index (χ2n) is 8.22. The summed E-state index contributed by atoms with van der Waals surface area (Å²) < 4.78 is 27.7. The molecule has 8 nitrogen and oxygen atoms in total. The van der Waals surface area contributed by atoms with E-state index in [1.165, 1.54) is 12.1 Å². The molecule has 2 aromatic rings. The highest BCUT2D eigenvalue weighted by molar-refractivity contribution is 7.90. The van der Waals surface area contributed by atoms with Gasteiger partial charge in [0, 0.05) is 38.2 Å². The van der Waals surface area contributed by atoms with Crippen LogP contribution in [-0.4, -0.2) is 44.1 Å². The summed E-state index contributed by atoms with van der Waals surface area (Å²) in [4.78, 5) is 31.0. The normalized spacial score (nSPS) is 18.5. The Balaban J connectivity index is 1.39. The number of amidine groups is 1. The molecule has 0 aliphatic carbocycles. The van der Waals surface area contributed by atoms with Gasteiger partial charge in [0.1, 0.15) is 5.84 Å². The molecule has 1 saturated heterocycles. The number of likely N-dealkylation sites (tertiary alicyclic amines) is 1. The highest BCUT2D eigenvalue weighted by Gasteiger charge is 2.34. The third-order valence-corrected chi connectivity index (χ3v) is 7.00. The molecule has 0 bridgehead atoms. The zero-order chi connectivity index (χ0) is 22.7. The van der Waals surface area contributed by atoms with Crippen LogP contribution in [0.5, 0.6) is 0 Å². The Morgan fingerprint density at radius 1 is 1.19 bits per heavy atom. The molecule has 0 spiro atoms. The van der Waals surface area contributed by atoms with Crippen LogP contribution in [0.2, 0.25) is 0 Å². The first kappa shape index (κ1) is 22.0. The fraction of sp³-hybridized carbons (Fsp3) is 0.348. The van der Waals surface area contributed by atoms with E-state index in [0.717, 1.165) is 17.5 Å². The fourth-order valence-electron chi connectivity index (χ4n) is 3.84. The Kier molecular flexibility index (Phi) is 6.27. The Bertz CT molecular complexity index is 1160. The molecular formula is C23H26N4O4S. The number of rotatable bonds is 6. The van der Waals surface area contributed by atoms with Crippen molar-refractivity contribution in [2.24, 2.45) is 10.9 Å². The maximum Gasteiger partial charge on any atom is 0.262 e. The lowest BCUT2D eigenvalue weighted by atomic mass is 10.1. The summed E-state index contributed by atoms with van der Waals surface area (Å²) in [6.45, 7) is 3.42. The first-order valence-electron chi connectivity index (χ1n) is 10.6. The Hall–Kier alpha value is -3.20. The molecule has 2 aliphatic heterocycles. The van der Waals surface area contributed by atoms with Gasteiger partial charge in [0.15, 0.2) is 0 Å². The monoisotopic (exact) mass is 454 g/mol. The minimum Gasteiger partial charge on any atom is -0.338 e. The van der Waals surface area contributed by atoms with Gasteiger partial charge in [0.05, 0.1) is 10.8 Å². The van der Waals surface area contributed by atoms with Crippen LogP contribution >= 0.6 is 0 Å². The summed E-state index contributed by atoms with van der Waals surface area (Å²) in [5, 5.41) is 2.76. The van der Waals surface area contributed by atoms with E-state index >= 15 is 0 Å². The number of sulfonamides is 1. The Morgan fingerprint density at radius 3 is 2.69 bits per heavy atom. The molecule has 1 fully saturated rings. The number of aryl methyl sites for hydroxylation is 1. The van der Waals surface area contributed by atoms with Crippen molar-refractivity contribution in [3.8, 4) is 0 Å². The summed E-state index contributed by atoms with van der Waals surface area (Å²) in [7, 11) is -3.77. The molecule has 1 atom stereocenters. The van der Waals surface area contributed by atoms with Crippen molar-refractivity contribution >= 4 is 33.4 Å². The van der Waals surface area contributed by atoms with Crippen LogP contribution in [0.15, 0.2) is 58.4 Å². The number of nitrogens with one attached hydrogen (secondary N) is 2. The van der Waals surface area contributed by atoms with E-state index in [1.54, 1.807) is 17.0 Å². The SMILES string of the molecule is Cc1ccc(CN2CC(C(=O)Nc3cccc(S(=O)(=O)NC4=NCCC4)c3)CC2=O)cc1. The average molecular weight is 455 g/mol. The largest absolute Gasteiger partial charge is 0.338 e. The molecule has 2 amide bonds. The zero-order valence-corrected chi connectivity index (χ0v) is 18.7. The highest BCUT2D eigenvalue weighted by atomic mass is 32.2. The first-order chi connectivity index (χ1) is 15.3. The van der Waals surface area contributed by atoms with Crippen LogP contribution in [0.1, 0.15) is 30.4 Å². The van der Waals surface area contributed by atoms with Crippen LogP contribution in [0.25, 0.3) is 0 Å². The van der Waals surface area contributed by atoms with Crippen LogP contribution < -0.4 is 10.0 Å². The van der Waals surface area contributed by atoms with Gasteiger partial charge in [-0.15, -0.1) is 0 Å². The van der Waals surface area contributed by atoms with E-state index in [9.17, 15) is 18.0 Å². The fourth-order valence-corrected chi connectivity index (χ4v) is 4.97. The van der Waals surface area contributed by atoms with Crippen molar-refractivity contribution in [3.05, 3.63) is 59.7 Å². The highest BCUT2D eigenvalue weighted by Crippen LogP contribution is 2.23. The Labute approximate surface area is 187 Å². The maximum absolute atomic E-state index is 12.8. The van der Waals surface area contributed by atoms with E-state index in [2.05, 4.69) is 15.0 Å². The second kappa shape index (κ2) is 9.12. The number of hydrogen-bond donors (Lipinski definition) is 2. The van der Waals surface area contributed by atoms with Crippen LogP contribution in [0.4, 0.5) is 5.69 Å². The van der Waals surface area contributed by atoms with Crippen LogP contribution in [-0.2, 0) is 26.2 Å². The van der Waals surface area contributed by atoms with Crippen molar-refractivity contribution in [1.82, 2.24) is 9.62 Å². The minimum atomic E-state index is -3.77. The van der Waals surface area contributed by atoms with Gasteiger partial charge in [-0.25, -0.2) is 8.42 Å². The van der Waals surface area contributed by atoms with E-state index < -0.39 is 15.9 Å². The summed E-state index contributed by atoms with van der Waals surface area (Å²) >= 11 is 0. The number of aliphatic imine (C=N–C) groups is 1. The van der Waals surface area contributed by atoms with Crippen molar-refractivity contribution in [1.29, 1.82) is 0 Å². The summed E-state index contributed by atoms with van der Waals surface area (Å²) in [6, 6.07) is 14.0. The lowest BCUT2D eigenvalue weighted by Gasteiger charge is -2.17. The quantitative estimate of drug-likeness (QED) is 0.699. The molecule has 2 N–H and O–H groups in total. The molecule has 0 aromatic heterocycles. The summed E-state index contributed by atoms with van der Waals surface area (Å²) in [5.74, 6) is -0.396. The lowest BCUT2D eigenvalue weighted by Crippen LogP contribution is -2.29. The van der Waals surface area contributed by atoms with Gasteiger partial charge < -0.3 is 10.2 Å². The van der Waals surface area contributed by atoms with Crippen LogP contribution in [0, 0.1) is 12.8 Å². The molecule has 1 unspecified atom stereocenters. The number of benzene rings is 2. The van der Waals surface area contributed by atoms with Crippen molar-refractivity contribution in [3.63, 3.8) is 0 Å².